The number of aryl methyl sites for hydroxylation is 2. The zero-order valence-corrected chi connectivity index (χ0v) is 16.9. The monoisotopic (exact) mass is 425 g/mol. The van der Waals surface area contributed by atoms with Crippen molar-refractivity contribution >= 4 is 22.6 Å². The maximum absolute atomic E-state index is 12.7. The molecule has 1 heterocycles. The molecule has 0 unspecified atom stereocenters. The number of hydrogen-bond acceptors (Lipinski definition) is 8. The predicted octanol–water partition coefficient (Wildman–Crippen LogP) is 3.56. The summed E-state index contributed by atoms with van der Waals surface area (Å²) in [5, 5.41) is 12.1. The highest BCUT2D eigenvalue weighted by molar-refractivity contribution is 5.95. The van der Waals surface area contributed by atoms with E-state index >= 15 is 0 Å². The van der Waals surface area contributed by atoms with Gasteiger partial charge in [-0.05, 0) is 42.5 Å². The zero-order chi connectivity index (χ0) is 22.1. The molecule has 0 N–H and O–H groups in total. The fraction of sp³-hybridized carbons (Fsp3) is 0.273. The average Bonchev–Trinajstić information content (AvgIpc) is 3.21. The third-order valence-electron chi connectivity index (χ3n) is 5.32. The lowest BCUT2D eigenvalue weighted by Gasteiger charge is -2.11. The summed E-state index contributed by atoms with van der Waals surface area (Å²) in [6.45, 7) is -0.245. The van der Waals surface area contributed by atoms with Gasteiger partial charge in [-0.1, -0.05) is 0 Å². The number of rotatable bonds is 6. The first kappa shape index (κ1) is 20.4. The lowest BCUT2D eigenvalue weighted by molar-refractivity contribution is -0.385. The molecule has 0 fully saturated rings. The maximum Gasteiger partial charge on any atom is 0.345 e. The van der Waals surface area contributed by atoms with E-state index in [0.29, 0.717) is 16.5 Å². The number of hydrogen-bond donors (Lipinski definition) is 0. The van der Waals surface area contributed by atoms with Crippen LogP contribution in [0.4, 0.5) is 5.69 Å². The summed E-state index contributed by atoms with van der Waals surface area (Å²) in [5.74, 6) is -0.650. The summed E-state index contributed by atoms with van der Waals surface area (Å²) in [6, 6.07) is 7.36. The quantitative estimate of drug-likeness (QED) is 0.255. The van der Waals surface area contributed by atoms with Crippen LogP contribution < -0.4 is 15.1 Å². The molecule has 160 valence electrons. The highest BCUT2D eigenvalue weighted by Crippen LogP contribution is 2.35. The Hall–Kier alpha value is -3.88. The summed E-state index contributed by atoms with van der Waals surface area (Å²) >= 11 is 0. The van der Waals surface area contributed by atoms with Gasteiger partial charge in [0.25, 0.3) is 5.69 Å². The van der Waals surface area contributed by atoms with Gasteiger partial charge >= 0.3 is 11.6 Å². The Bertz CT molecular complexity index is 1260. The first-order valence-corrected chi connectivity index (χ1v) is 9.57. The molecule has 0 atom stereocenters. The first-order valence-electron chi connectivity index (χ1n) is 9.57. The number of nitrogens with zero attached hydrogens (tertiary/aromatic N) is 1. The van der Waals surface area contributed by atoms with Gasteiger partial charge in [0.05, 0.1) is 25.2 Å². The van der Waals surface area contributed by atoms with E-state index in [1.54, 1.807) is 0 Å². The van der Waals surface area contributed by atoms with Crippen molar-refractivity contribution in [1.82, 2.24) is 0 Å². The normalized spacial score (nSPS) is 12.5. The minimum Gasteiger partial charge on any atom is -0.493 e. The third kappa shape index (κ3) is 3.81. The van der Waals surface area contributed by atoms with Gasteiger partial charge in [0.1, 0.15) is 17.8 Å². The summed E-state index contributed by atoms with van der Waals surface area (Å²) in [5.41, 5.74) is 1.89. The molecule has 0 bridgehead atoms. The van der Waals surface area contributed by atoms with Gasteiger partial charge in [0, 0.05) is 23.1 Å². The molecule has 9 heteroatoms. The minimum absolute atomic E-state index is 0.117. The van der Waals surface area contributed by atoms with Crippen molar-refractivity contribution in [3.8, 4) is 11.5 Å². The lowest BCUT2D eigenvalue weighted by atomic mass is 10.0. The molecule has 3 aromatic rings. The predicted molar refractivity (Wildman–Crippen MR) is 110 cm³/mol. The van der Waals surface area contributed by atoms with Crippen molar-refractivity contribution in [3.05, 3.63) is 73.1 Å². The number of ether oxygens (including phenoxy) is 3. The minimum atomic E-state index is -0.921. The maximum atomic E-state index is 12.7. The highest BCUT2D eigenvalue weighted by atomic mass is 16.6. The number of nitro groups is 1. The molecular formula is C22H19NO8. The van der Waals surface area contributed by atoms with Crippen molar-refractivity contribution in [2.45, 2.75) is 25.9 Å². The summed E-state index contributed by atoms with van der Waals surface area (Å²) in [6.07, 6.45) is 2.89. The van der Waals surface area contributed by atoms with E-state index in [1.807, 2.05) is 12.1 Å². The van der Waals surface area contributed by atoms with E-state index in [2.05, 4.69) is 0 Å². The van der Waals surface area contributed by atoms with E-state index in [0.717, 1.165) is 30.9 Å². The first-order chi connectivity index (χ1) is 14.9. The van der Waals surface area contributed by atoms with Crippen LogP contribution in [0.3, 0.4) is 0 Å². The van der Waals surface area contributed by atoms with Crippen LogP contribution in [0, 0.1) is 10.1 Å². The van der Waals surface area contributed by atoms with Gasteiger partial charge in [0.15, 0.2) is 11.5 Å². The Morgan fingerprint density at radius 3 is 2.42 bits per heavy atom. The van der Waals surface area contributed by atoms with Crippen molar-refractivity contribution in [1.29, 1.82) is 0 Å². The van der Waals surface area contributed by atoms with Crippen LogP contribution in [0.5, 0.6) is 11.5 Å². The fourth-order valence-electron chi connectivity index (χ4n) is 3.82. The van der Waals surface area contributed by atoms with Crippen LogP contribution in [-0.2, 0) is 24.2 Å². The van der Waals surface area contributed by atoms with Gasteiger partial charge in [-0.15, -0.1) is 0 Å². The molecule has 0 spiro atoms. The Morgan fingerprint density at radius 1 is 1.06 bits per heavy atom. The summed E-state index contributed by atoms with van der Waals surface area (Å²) in [4.78, 5) is 35.4. The SMILES string of the molecule is COc1cc(C(=O)OCc2cc(=O)oc3cc4c(cc23)CCC4)c([N+](=O)[O-])cc1OC. The fourth-order valence-corrected chi connectivity index (χ4v) is 3.82. The molecule has 0 aliphatic heterocycles. The van der Waals surface area contributed by atoms with Gasteiger partial charge in [-0.3, -0.25) is 10.1 Å². The van der Waals surface area contributed by atoms with Crippen molar-refractivity contribution in [2.24, 2.45) is 0 Å². The van der Waals surface area contributed by atoms with E-state index in [4.69, 9.17) is 18.6 Å². The number of methoxy groups -OCH3 is 2. The Kier molecular flexibility index (Phi) is 5.33. The lowest BCUT2D eigenvalue weighted by Crippen LogP contribution is -2.11. The average molecular weight is 425 g/mol. The van der Waals surface area contributed by atoms with Gasteiger partial charge in [-0.25, -0.2) is 9.59 Å². The van der Waals surface area contributed by atoms with Crippen LogP contribution in [-0.4, -0.2) is 25.1 Å². The van der Waals surface area contributed by atoms with Crippen molar-refractivity contribution < 1.29 is 28.3 Å². The van der Waals surface area contributed by atoms with Crippen LogP contribution in [0.2, 0.25) is 0 Å². The van der Waals surface area contributed by atoms with Crippen LogP contribution in [0.25, 0.3) is 11.0 Å². The molecule has 9 nitrogen and oxygen atoms in total. The smallest absolute Gasteiger partial charge is 0.345 e. The number of esters is 1. The third-order valence-corrected chi connectivity index (χ3v) is 5.32. The van der Waals surface area contributed by atoms with Gasteiger partial charge < -0.3 is 18.6 Å². The van der Waals surface area contributed by atoms with Crippen LogP contribution >= 0.6 is 0 Å². The van der Waals surface area contributed by atoms with E-state index < -0.39 is 22.2 Å². The molecule has 0 amide bonds. The van der Waals surface area contributed by atoms with E-state index in [-0.39, 0.29) is 23.7 Å². The van der Waals surface area contributed by atoms with E-state index in [9.17, 15) is 19.7 Å². The number of nitro benzene ring substituents is 1. The van der Waals surface area contributed by atoms with E-state index in [1.165, 1.54) is 31.9 Å². The molecule has 0 saturated heterocycles. The Balaban J connectivity index is 1.67. The molecule has 1 aliphatic carbocycles. The Morgan fingerprint density at radius 2 is 1.74 bits per heavy atom. The standard InChI is InChI=1S/C22H19NO8/c1-28-19-9-16(17(23(26)27)10-20(19)29-2)22(25)30-11-14-8-21(24)31-18-7-13-5-3-4-12(13)6-15(14)18/h6-10H,3-5,11H2,1-2H3. The van der Waals surface area contributed by atoms with Gasteiger partial charge in [-0.2, -0.15) is 0 Å². The Labute approximate surface area is 176 Å². The second-order valence-electron chi connectivity index (χ2n) is 7.12. The molecule has 1 aliphatic rings. The topological polar surface area (TPSA) is 118 Å². The molecule has 4 rings (SSSR count). The largest absolute Gasteiger partial charge is 0.493 e. The van der Waals surface area contributed by atoms with Crippen LogP contribution in [0.15, 0.2) is 39.5 Å². The van der Waals surface area contributed by atoms with Crippen molar-refractivity contribution in [2.75, 3.05) is 14.2 Å². The van der Waals surface area contributed by atoms with Crippen LogP contribution in [0.1, 0.15) is 33.5 Å². The second-order valence-corrected chi connectivity index (χ2v) is 7.12. The molecule has 2 aromatic carbocycles. The summed E-state index contributed by atoms with van der Waals surface area (Å²) < 4.78 is 20.8. The van der Waals surface area contributed by atoms with Gasteiger partial charge in [0.2, 0.25) is 0 Å². The molecule has 0 saturated carbocycles. The summed E-state index contributed by atoms with van der Waals surface area (Å²) in [7, 11) is 2.69. The molecule has 0 radical (unpaired) electrons. The highest BCUT2D eigenvalue weighted by Gasteiger charge is 2.26. The number of benzene rings is 2. The number of carbonyl (C=O) groups is 1. The van der Waals surface area contributed by atoms with Crippen molar-refractivity contribution in [3.63, 3.8) is 0 Å². The second kappa shape index (κ2) is 8.10. The zero-order valence-electron chi connectivity index (χ0n) is 16.9. The molecule has 1 aromatic heterocycles. The molecular weight excluding hydrogens is 406 g/mol. The number of fused-ring (bicyclic) bond motifs is 2. The molecule has 31 heavy (non-hydrogen) atoms. The number of carbonyl (C=O) groups excluding carboxylic acids is 1.